The van der Waals surface area contributed by atoms with Gasteiger partial charge in [0.05, 0.1) is 5.69 Å². The Morgan fingerprint density at radius 3 is 2.41 bits per heavy atom. The zero-order valence-corrected chi connectivity index (χ0v) is 16.3. The molecule has 3 nitrogen and oxygen atoms in total. The van der Waals surface area contributed by atoms with Gasteiger partial charge in [-0.25, -0.2) is 0 Å². The molecule has 0 bridgehead atoms. The predicted molar refractivity (Wildman–Crippen MR) is 112 cm³/mol. The number of carbonyl (C=O) groups is 1. The highest BCUT2D eigenvalue weighted by atomic mass is 32.2. The molecule has 3 aromatic carbocycles. The number of carbonyl (C=O) groups excluding carboxylic acids is 1. The molecular weight excluding hydrogens is 354 g/mol. The van der Waals surface area contributed by atoms with Gasteiger partial charge in [0.1, 0.15) is 5.75 Å². The van der Waals surface area contributed by atoms with Crippen LogP contribution >= 0.6 is 11.8 Å². The van der Waals surface area contributed by atoms with Crippen molar-refractivity contribution in [1.82, 2.24) is 0 Å². The summed E-state index contributed by atoms with van der Waals surface area (Å²) >= 11 is 1.62. The topological polar surface area (TPSA) is 38.3 Å². The zero-order chi connectivity index (χ0) is 19.1. The van der Waals surface area contributed by atoms with Gasteiger partial charge in [0.2, 0.25) is 0 Å². The van der Waals surface area contributed by atoms with Gasteiger partial charge in [-0.2, -0.15) is 0 Å². The maximum absolute atomic E-state index is 12.7. The fourth-order valence-corrected chi connectivity index (χ4v) is 3.59. The number of hydrogen-bond acceptors (Lipinski definition) is 3. The molecule has 1 amide bonds. The van der Waals surface area contributed by atoms with E-state index in [2.05, 4.69) is 24.4 Å². The lowest BCUT2D eigenvalue weighted by Gasteiger charge is -2.18. The summed E-state index contributed by atoms with van der Waals surface area (Å²) in [6, 6.07) is 25.7. The SMILES string of the molecule is CCc1ccccc1O[C@H](C)C(=O)Nc1ccccc1Sc1ccccc1. The Kier molecular flexibility index (Phi) is 6.55. The molecule has 0 aliphatic carbocycles. The van der Waals surface area contributed by atoms with Crippen molar-refractivity contribution in [3.63, 3.8) is 0 Å². The average Bonchev–Trinajstić information content (AvgIpc) is 2.70. The highest BCUT2D eigenvalue weighted by molar-refractivity contribution is 7.99. The van der Waals surface area contributed by atoms with Gasteiger partial charge in [0, 0.05) is 9.79 Å². The lowest BCUT2D eigenvalue weighted by Crippen LogP contribution is -2.30. The van der Waals surface area contributed by atoms with Crippen LogP contribution in [0.3, 0.4) is 0 Å². The molecule has 138 valence electrons. The molecule has 0 heterocycles. The van der Waals surface area contributed by atoms with Gasteiger partial charge >= 0.3 is 0 Å². The number of para-hydroxylation sites is 2. The molecule has 0 fully saturated rings. The van der Waals surface area contributed by atoms with E-state index in [1.807, 2.05) is 66.7 Å². The zero-order valence-electron chi connectivity index (χ0n) is 15.5. The van der Waals surface area contributed by atoms with Crippen LogP contribution in [-0.4, -0.2) is 12.0 Å². The minimum atomic E-state index is -0.590. The summed E-state index contributed by atoms with van der Waals surface area (Å²) in [5.41, 5.74) is 1.88. The molecule has 0 aromatic heterocycles. The predicted octanol–water partition coefficient (Wildman–Crippen LogP) is 5.81. The first kappa shape index (κ1) is 19.1. The Morgan fingerprint density at radius 2 is 1.63 bits per heavy atom. The number of amides is 1. The molecule has 3 aromatic rings. The van der Waals surface area contributed by atoms with Crippen LogP contribution in [0.2, 0.25) is 0 Å². The van der Waals surface area contributed by atoms with E-state index in [1.54, 1.807) is 18.7 Å². The second-order valence-electron chi connectivity index (χ2n) is 6.12. The van der Waals surface area contributed by atoms with Gasteiger partial charge in [-0.1, -0.05) is 67.2 Å². The van der Waals surface area contributed by atoms with Gasteiger partial charge in [0.15, 0.2) is 6.10 Å². The van der Waals surface area contributed by atoms with Crippen LogP contribution in [0.25, 0.3) is 0 Å². The minimum Gasteiger partial charge on any atom is -0.481 e. The third-order valence-electron chi connectivity index (χ3n) is 4.14. The summed E-state index contributed by atoms with van der Waals surface area (Å²) in [5.74, 6) is 0.594. The van der Waals surface area contributed by atoms with Crippen LogP contribution in [0.5, 0.6) is 5.75 Å². The minimum absolute atomic E-state index is 0.165. The van der Waals surface area contributed by atoms with Crippen LogP contribution in [0, 0.1) is 0 Å². The van der Waals surface area contributed by atoms with E-state index in [1.165, 1.54) is 0 Å². The third-order valence-corrected chi connectivity index (χ3v) is 5.23. The molecule has 0 aliphatic heterocycles. The van der Waals surface area contributed by atoms with Crippen molar-refractivity contribution in [3.8, 4) is 5.75 Å². The standard InChI is InChI=1S/C23H23NO2S/c1-3-18-11-7-9-15-21(18)26-17(2)23(25)24-20-14-8-10-16-22(20)27-19-12-5-4-6-13-19/h4-17H,3H2,1-2H3,(H,24,25)/t17-/m1/s1. The molecule has 0 radical (unpaired) electrons. The van der Waals surface area contributed by atoms with E-state index >= 15 is 0 Å². The van der Waals surface area contributed by atoms with Crippen molar-refractivity contribution in [2.45, 2.75) is 36.2 Å². The monoisotopic (exact) mass is 377 g/mol. The normalized spacial score (nSPS) is 11.6. The first-order chi connectivity index (χ1) is 13.2. The van der Waals surface area contributed by atoms with E-state index < -0.39 is 6.10 Å². The molecule has 1 atom stereocenters. The lowest BCUT2D eigenvalue weighted by molar-refractivity contribution is -0.122. The number of aryl methyl sites for hydroxylation is 1. The number of nitrogens with one attached hydrogen (secondary N) is 1. The molecule has 0 saturated carbocycles. The van der Waals surface area contributed by atoms with E-state index in [0.717, 1.165) is 33.2 Å². The summed E-state index contributed by atoms with van der Waals surface area (Å²) in [5, 5.41) is 3.00. The Labute approximate surface area is 164 Å². The second kappa shape index (κ2) is 9.28. The van der Waals surface area contributed by atoms with Crippen LogP contribution < -0.4 is 10.1 Å². The quantitative estimate of drug-likeness (QED) is 0.565. The van der Waals surface area contributed by atoms with Crippen LogP contribution in [-0.2, 0) is 11.2 Å². The highest BCUT2D eigenvalue weighted by Crippen LogP contribution is 2.33. The third kappa shape index (κ3) is 5.14. The van der Waals surface area contributed by atoms with Crippen LogP contribution in [0.4, 0.5) is 5.69 Å². The number of benzene rings is 3. The Bertz CT molecular complexity index is 896. The van der Waals surface area contributed by atoms with Crippen molar-refractivity contribution in [1.29, 1.82) is 0 Å². The van der Waals surface area contributed by atoms with Crippen molar-refractivity contribution in [2.24, 2.45) is 0 Å². The molecule has 27 heavy (non-hydrogen) atoms. The maximum atomic E-state index is 12.7. The summed E-state index contributed by atoms with van der Waals surface area (Å²) < 4.78 is 5.91. The summed E-state index contributed by atoms with van der Waals surface area (Å²) in [4.78, 5) is 14.8. The smallest absolute Gasteiger partial charge is 0.265 e. The Morgan fingerprint density at radius 1 is 0.963 bits per heavy atom. The average molecular weight is 378 g/mol. The van der Waals surface area contributed by atoms with Gasteiger partial charge in [-0.05, 0) is 49.2 Å². The van der Waals surface area contributed by atoms with Crippen molar-refractivity contribution in [2.75, 3.05) is 5.32 Å². The summed E-state index contributed by atoms with van der Waals surface area (Å²) in [7, 11) is 0. The van der Waals surface area contributed by atoms with Crippen molar-refractivity contribution >= 4 is 23.4 Å². The molecule has 0 spiro atoms. The van der Waals surface area contributed by atoms with E-state index in [0.29, 0.717) is 0 Å². The molecule has 4 heteroatoms. The Hall–Kier alpha value is -2.72. The number of ether oxygens (including phenoxy) is 1. The first-order valence-electron chi connectivity index (χ1n) is 9.04. The summed E-state index contributed by atoms with van der Waals surface area (Å²) in [6.07, 6.45) is 0.272. The molecule has 3 rings (SSSR count). The molecule has 1 N–H and O–H groups in total. The van der Waals surface area contributed by atoms with Gasteiger partial charge < -0.3 is 10.1 Å². The highest BCUT2D eigenvalue weighted by Gasteiger charge is 2.17. The lowest BCUT2D eigenvalue weighted by atomic mass is 10.1. The second-order valence-corrected chi connectivity index (χ2v) is 7.24. The first-order valence-corrected chi connectivity index (χ1v) is 9.86. The number of anilines is 1. The van der Waals surface area contributed by atoms with Gasteiger partial charge in [0.25, 0.3) is 5.91 Å². The molecule has 0 aliphatic rings. The van der Waals surface area contributed by atoms with E-state index in [4.69, 9.17) is 4.74 Å². The van der Waals surface area contributed by atoms with Crippen molar-refractivity contribution < 1.29 is 9.53 Å². The van der Waals surface area contributed by atoms with Crippen molar-refractivity contribution in [3.05, 3.63) is 84.4 Å². The molecular formula is C23H23NO2S. The molecule has 0 saturated heterocycles. The summed E-state index contributed by atoms with van der Waals surface area (Å²) in [6.45, 7) is 3.85. The van der Waals surface area contributed by atoms with E-state index in [-0.39, 0.29) is 5.91 Å². The van der Waals surface area contributed by atoms with Gasteiger partial charge in [-0.3, -0.25) is 4.79 Å². The van der Waals surface area contributed by atoms with Crippen LogP contribution in [0.1, 0.15) is 19.4 Å². The Balaban J connectivity index is 1.70. The number of rotatable bonds is 7. The maximum Gasteiger partial charge on any atom is 0.265 e. The fourth-order valence-electron chi connectivity index (χ4n) is 2.66. The van der Waals surface area contributed by atoms with Crippen LogP contribution in [0.15, 0.2) is 88.7 Å². The van der Waals surface area contributed by atoms with Gasteiger partial charge in [-0.15, -0.1) is 0 Å². The molecule has 0 unspecified atom stereocenters. The van der Waals surface area contributed by atoms with E-state index in [9.17, 15) is 4.79 Å². The number of hydrogen-bond donors (Lipinski definition) is 1. The fraction of sp³-hybridized carbons (Fsp3) is 0.174. The largest absolute Gasteiger partial charge is 0.481 e.